The molecule has 0 bridgehead atoms. The summed E-state index contributed by atoms with van der Waals surface area (Å²) < 4.78 is 7.83. The number of hydrogen-bond donors (Lipinski definition) is 1. The van der Waals surface area contributed by atoms with Gasteiger partial charge in [0.2, 0.25) is 0 Å². The average Bonchev–Trinajstić information content (AvgIpc) is 2.83. The lowest BCUT2D eigenvalue weighted by Gasteiger charge is -2.16. The van der Waals surface area contributed by atoms with Crippen molar-refractivity contribution in [2.45, 2.75) is 32.9 Å². The van der Waals surface area contributed by atoms with Crippen LogP contribution < -0.4 is 0 Å². The summed E-state index contributed by atoms with van der Waals surface area (Å²) in [5, 5.41) is 14.7. The Balaban J connectivity index is 2.47. The van der Waals surface area contributed by atoms with E-state index in [0.29, 0.717) is 0 Å². The normalized spacial score (nSPS) is 13.3. The second-order valence-corrected chi connectivity index (χ2v) is 5.11. The summed E-state index contributed by atoms with van der Waals surface area (Å²) in [6, 6.07) is 1.97. The van der Waals surface area contributed by atoms with Gasteiger partial charge in [-0.15, -0.1) is 0 Å². The first kappa shape index (κ1) is 12.4. The second kappa shape index (κ2) is 4.66. The van der Waals surface area contributed by atoms with Crippen molar-refractivity contribution < 1.29 is 9.52 Å². The lowest BCUT2D eigenvalue weighted by Crippen LogP contribution is -2.12. The van der Waals surface area contributed by atoms with Crippen molar-refractivity contribution >= 4 is 15.9 Å². The van der Waals surface area contributed by atoms with E-state index in [1.807, 2.05) is 20.8 Å². The van der Waals surface area contributed by atoms with Gasteiger partial charge in [-0.3, -0.25) is 4.68 Å². The highest BCUT2D eigenvalue weighted by molar-refractivity contribution is 9.10. The molecule has 0 amide bonds. The fourth-order valence-corrected chi connectivity index (χ4v) is 2.33. The fourth-order valence-electron chi connectivity index (χ4n) is 1.84. The van der Waals surface area contributed by atoms with Gasteiger partial charge in [0.1, 0.15) is 11.9 Å². The van der Waals surface area contributed by atoms with Gasteiger partial charge in [-0.2, -0.15) is 5.10 Å². The predicted molar refractivity (Wildman–Crippen MR) is 67.8 cm³/mol. The monoisotopic (exact) mass is 298 g/mol. The highest BCUT2D eigenvalue weighted by atomic mass is 79.9. The van der Waals surface area contributed by atoms with Gasteiger partial charge in [-0.1, -0.05) is 0 Å². The Bertz CT molecular complexity index is 516. The van der Waals surface area contributed by atoms with Crippen LogP contribution in [0.1, 0.15) is 43.0 Å². The number of hydrogen-bond acceptors (Lipinski definition) is 3. The van der Waals surface area contributed by atoms with Crippen molar-refractivity contribution in [3.05, 3.63) is 40.0 Å². The highest BCUT2D eigenvalue weighted by Gasteiger charge is 2.23. The molecular formula is C12H15BrN2O2. The maximum atomic E-state index is 10.4. The van der Waals surface area contributed by atoms with E-state index in [1.165, 1.54) is 0 Å². The van der Waals surface area contributed by atoms with Crippen LogP contribution in [0.3, 0.4) is 0 Å². The van der Waals surface area contributed by atoms with Gasteiger partial charge in [-0.25, -0.2) is 0 Å². The summed E-state index contributed by atoms with van der Waals surface area (Å²) in [7, 11) is 0. The standard InChI is InChI=1S/C12H15BrN2O2/c1-7(2)15-11(10(13)6-14-15)12(16)9-4-5-17-8(9)3/h4-7,12,16H,1-3H3. The Kier molecular flexibility index (Phi) is 3.40. The largest absolute Gasteiger partial charge is 0.469 e. The molecule has 0 aliphatic carbocycles. The number of aliphatic hydroxyl groups is 1. The molecular weight excluding hydrogens is 284 g/mol. The molecule has 0 fully saturated rings. The van der Waals surface area contributed by atoms with Gasteiger partial charge in [-0.05, 0) is 42.8 Å². The molecule has 2 aromatic rings. The maximum Gasteiger partial charge on any atom is 0.125 e. The van der Waals surface area contributed by atoms with Crippen LogP contribution in [0.4, 0.5) is 0 Å². The Morgan fingerprint density at radius 3 is 2.71 bits per heavy atom. The minimum absolute atomic E-state index is 0.193. The third-order valence-corrected chi connectivity index (χ3v) is 3.34. The third kappa shape index (κ3) is 2.17. The van der Waals surface area contributed by atoms with Crippen molar-refractivity contribution in [3.8, 4) is 0 Å². The van der Waals surface area contributed by atoms with Crippen LogP contribution in [0.5, 0.6) is 0 Å². The molecule has 1 unspecified atom stereocenters. The number of aryl methyl sites for hydroxylation is 1. The van der Waals surface area contributed by atoms with E-state index in [2.05, 4.69) is 21.0 Å². The molecule has 0 radical (unpaired) electrons. The Hall–Kier alpha value is -1.07. The molecule has 0 aliphatic heterocycles. The molecule has 1 N–H and O–H groups in total. The van der Waals surface area contributed by atoms with Crippen LogP contribution >= 0.6 is 15.9 Å². The van der Waals surface area contributed by atoms with Gasteiger partial charge in [0, 0.05) is 11.6 Å². The molecule has 1 atom stereocenters. The summed E-state index contributed by atoms with van der Waals surface area (Å²) in [5.74, 6) is 0.723. The van der Waals surface area contributed by atoms with Gasteiger partial charge < -0.3 is 9.52 Å². The fraction of sp³-hybridized carbons (Fsp3) is 0.417. The van der Waals surface area contributed by atoms with Crippen LogP contribution in [0.2, 0.25) is 0 Å². The topological polar surface area (TPSA) is 51.2 Å². The van der Waals surface area contributed by atoms with E-state index in [-0.39, 0.29) is 6.04 Å². The first-order chi connectivity index (χ1) is 8.02. The second-order valence-electron chi connectivity index (χ2n) is 4.25. The van der Waals surface area contributed by atoms with Crippen molar-refractivity contribution in [2.75, 3.05) is 0 Å². The SMILES string of the molecule is Cc1occc1C(O)c1c(Br)cnn1C(C)C. The Morgan fingerprint density at radius 1 is 1.47 bits per heavy atom. The first-order valence-corrected chi connectivity index (χ1v) is 6.26. The Labute approximate surface area is 108 Å². The number of rotatable bonds is 3. The number of halogens is 1. The van der Waals surface area contributed by atoms with Crippen molar-refractivity contribution in [1.82, 2.24) is 9.78 Å². The van der Waals surface area contributed by atoms with E-state index in [0.717, 1.165) is 21.5 Å². The molecule has 0 saturated carbocycles. The zero-order valence-electron chi connectivity index (χ0n) is 10.0. The molecule has 92 valence electrons. The molecule has 2 aromatic heterocycles. The summed E-state index contributed by atoms with van der Waals surface area (Å²) in [6.07, 6.45) is 2.55. The molecule has 0 spiro atoms. The van der Waals surface area contributed by atoms with E-state index in [1.54, 1.807) is 23.2 Å². The van der Waals surface area contributed by atoms with Crippen LogP contribution in [-0.4, -0.2) is 14.9 Å². The van der Waals surface area contributed by atoms with Crippen LogP contribution in [0.25, 0.3) is 0 Å². The third-order valence-electron chi connectivity index (χ3n) is 2.73. The minimum atomic E-state index is -0.729. The van der Waals surface area contributed by atoms with Gasteiger partial charge in [0.05, 0.1) is 22.6 Å². The molecule has 2 heterocycles. The van der Waals surface area contributed by atoms with Crippen molar-refractivity contribution in [1.29, 1.82) is 0 Å². The lowest BCUT2D eigenvalue weighted by molar-refractivity contribution is 0.202. The van der Waals surface area contributed by atoms with E-state index in [9.17, 15) is 5.11 Å². The maximum absolute atomic E-state index is 10.4. The number of furan rings is 1. The minimum Gasteiger partial charge on any atom is -0.469 e. The molecule has 4 nitrogen and oxygen atoms in total. The summed E-state index contributed by atoms with van der Waals surface area (Å²) in [5.41, 5.74) is 1.53. The average molecular weight is 299 g/mol. The van der Waals surface area contributed by atoms with E-state index in [4.69, 9.17) is 4.42 Å². The highest BCUT2D eigenvalue weighted by Crippen LogP contribution is 2.32. The van der Waals surface area contributed by atoms with Crippen molar-refractivity contribution in [2.24, 2.45) is 0 Å². The smallest absolute Gasteiger partial charge is 0.125 e. The van der Waals surface area contributed by atoms with Gasteiger partial charge in [0.25, 0.3) is 0 Å². The van der Waals surface area contributed by atoms with Crippen LogP contribution in [0, 0.1) is 6.92 Å². The molecule has 5 heteroatoms. The number of nitrogens with zero attached hydrogens (tertiary/aromatic N) is 2. The van der Waals surface area contributed by atoms with E-state index < -0.39 is 6.10 Å². The van der Waals surface area contributed by atoms with Gasteiger partial charge >= 0.3 is 0 Å². The molecule has 17 heavy (non-hydrogen) atoms. The Morgan fingerprint density at radius 2 is 2.18 bits per heavy atom. The van der Waals surface area contributed by atoms with Crippen LogP contribution in [-0.2, 0) is 0 Å². The van der Waals surface area contributed by atoms with E-state index >= 15 is 0 Å². The summed E-state index contributed by atoms with van der Waals surface area (Å²) in [4.78, 5) is 0. The van der Waals surface area contributed by atoms with Crippen molar-refractivity contribution in [3.63, 3.8) is 0 Å². The number of aromatic nitrogens is 2. The zero-order valence-corrected chi connectivity index (χ0v) is 11.6. The first-order valence-electron chi connectivity index (χ1n) is 5.47. The molecule has 2 rings (SSSR count). The molecule has 0 aliphatic rings. The predicted octanol–water partition coefficient (Wildman–Crippen LogP) is 3.21. The zero-order chi connectivity index (χ0) is 12.6. The summed E-state index contributed by atoms with van der Waals surface area (Å²) in [6.45, 7) is 5.89. The number of aliphatic hydroxyl groups excluding tert-OH is 1. The lowest BCUT2D eigenvalue weighted by atomic mass is 10.1. The molecule has 0 saturated heterocycles. The van der Waals surface area contributed by atoms with Gasteiger partial charge in [0.15, 0.2) is 0 Å². The summed E-state index contributed by atoms with van der Waals surface area (Å²) >= 11 is 3.42. The quantitative estimate of drug-likeness (QED) is 0.946. The molecule has 0 aromatic carbocycles. The van der Waals surface area contributed by atoms with Crippen LogP contribution in [0.15, 0.2) is 27.4 Å².